The number of nitrogens with one attached hydrogen (secondary N) is 1. The van der Waals surface area contributed by atoms with Gasteiger partial charge in [0.15, 0.2) is 0 Å². The van der Waals surface area contributed by atoms with E-state index >= 15 is 0 Å². The molecule has 2 aliphatic heterocycles. The van der Waals surface area contributed by atoms with Crippen LogP contribution in [0.1, 0.15) is 25.3 Å². The van der Waals surface area contributed by atoms with Crippen LogP contribution in [0, 0.1) is 0 Å². The fraction of sp³-hybridized carbons (Fsp3) is 0.471. The molecule has 0 radical (unpaired) electrons. The van der Waals surface area contributed by atoms with E-state index in [4.69, 9.17) is 4.74 Å². The lowest BCUT2D eigenvalue weighted by molar-refractivity contribution is 0.162. The van der Waals surface area contributed by atoms with Gasteiger partial charge >= 0.3 is 0 Å². The first-order valence-electron chi connectivity index (χ1n) is 7.75. The van der Waals surface area contributed by atoms with Crippen molar-refractivity contribution < 1.29 is 4.74 Å². The summed E-state index contributed by atoms with van der Waals surface area (Å²) in [5.74, 6) is 0. The van der Waals surface area contributed by atoms with E-state index in [1.165, 1.54) is 28.9 Å². The van der Waals surface area contributed by atoms with Crippen LogP contribution in [0.3, 0.4) is 0 Å². The average molecular weight is 283 g/mol. The maximum atomic E-state index is 5.62. The number of rotatable bonds is 2. The van der Waals surface area contributed by atoms with E-state index in [9.17, 15) is 0 Å². The Morgan fingerprint density at radius 2 is 2.33 bits per heavy atom. The molecule has 1 aromatic carbocycles. The van der Waals surface area contributed by atoms with Crippen molar-refractivity contribution in [1.82, 2.24) is 9.55 Å². The number of para-hydroxylation sites is 1. The predicted molar refractivity (Wildman–Crippen MR) is 83.6 cm³/mol. The molecule has 0 bridgehead atoms. The highest BCUT2D eigenvalue weighted by atomic mass is 16.5. The maximum Gasteiger partial charge on any atom is 0.0956 e. The summed E-state index contributed by atoms with van der Waals surface area (Å²) < 4.78 is 7.92. The summed E-state index contributed by atoms with van der Waals surface area (Å²) in [7, 11) is 0. The van der Waals surface area contributed by atoms with Crippen molar-refractivity contribution >= 4 is 5.69 Å². The van der Waals surface area contributed by atoms with Crippen molar-refractivity contribution in [3.05, 3.63) is 36.3 Å². The number of imidazole rings is 1. The first-order chi connectivity index (χ1) is 10.3. The number of hydrogen-bond donors (Lipinski definition) is 1. The lowest BCUT2D eigenvalue weighted by atomic mass is 9.96. The van der Waals surface area contributed by atoms with Crippen LogP contribution in [0.4, 0.5) is 5.69 Å². The first-order valence-corrected chi connectivity index (χ1v) is 7.75. The minimum atomic E-state index is 0.0171. The summed E-state index contributed by atoms with van der Waals surface area (Å²) in [4.78, 5) is 4.42. The number of aromatic nitrogens is 2. The predicted octanol–water partition coefficient (Wildman–Crippen LogP) is 3.04. The lowest BCUT2D eigenvalue weighted by Gasteiger charge is -2.28. The standard InChI is InChI=1S/C17H21N3O/c1-17(7-9-21-11-17)20-12-18-10-15(20)14-6-2-4-13-5-3-8-19-16(13)14/h2,4,6,10,12,19H,3,5,7-9,11H2,1H3. The Kier molecular flexibility index (Phi) is 3.00. The van der Waals surface area contributed by atoms with Crippen molar-refractivity contribution in [1.29, 1.82) is 0 Å². The molecule has 1 saturated heterocycles. The van der Waals surface area contributed by atoms with E-state index in [1.807, 2.05) is 12.5 Å². The third-order valence-electron chi connectivity index (χ3n) is 4.77. The van der Waals surface area contributed by atoms with E-state index in [1.54, 1.807) is 0 Å². The number of ether oxygens (including phenoxy) is 1. The molecule has 2 aromatic rings. The fourth-order valence-corrected chi connectivity index (χ4v) is 3.49. The summed E-state index contributed by atoms with van der Waals surface area (Å²) >= 11 is 0. The second-order valence-electron chi connectivity index (χ2n) is 6.32. The normalized spacial score (nSPS) is 24.6. The van der Waals surface area contributed by atoms with Crippen LogP contribution in [-0.2, 0) is 16.7 Å². The van der Waals surface area contributed by atoms with Gasteiger partial charge in [0.05, 0.1) is 30.4 Å². The molecule has 21 heavy (non-hydrogen) atoms. The van der Waals surface area contributed by atoms with Crippen LogP contribution < -0.4 is 5.32 Å². The Labute approximate surface area is 125 Å². The quantitative estimate of drug-likeness (QED) is 0.920. The van der Waals surface area contributed by atoms with Gasteiger partial charge in [0.1, 0.15) is 0 Å². The Hall–Kier alpha value is -1.81. The highest BCUT2D eigenvalue weighted by molar-refractivity contribution is 5.79. The van der Waals surface area contributed by atoms with Crippen LogP contribution in [0.2, 0.25) is 0 Å². The average Bonchev–Trinajstić information content (AvgIpc) is 3.16. The molecule has 1 unspecified atom stereocenters. The van der Waals surface area contributed by atoms with Crippen LogP contribution in [0.5, 0.6) is 0 Å². The SMILES string of the molecule is CC1(n2cncc2-c2cccc3c2NCCC3)CCOC1. The number of fused-ring (bicyclic) bond motifs is 1. The summed E-state index contributed by atoms with van der Waals surface area (Å²) in [5.41, 5.74) is 5.17. The van der Waals surface area contributed by atoms with Crippen molar-refractivity contribution in [2.75, 3.05) is 25.1 Å². The Balaban J connectivity index is 1.83. The van der Waals surface area contributed by atoms with Crippen LogP contribution in [0.15, 0.2) is 30.7 Å². The molecule has 1 N–H and O–H groups in total. The van der Waals surface area contributed by atoms with Gasteiger partial charge in [-0.25, -0.2) is 4.98 Å². The number of anilines is 1. The lowest BCUT2D eigenvalue weighted by Crippen LogP contribution is -2.30. The smallest absolute Gasteiger partial charge is 0.0956 e. The van der Waals surface area contributed by atoms with Crippen molar-refractivity contribution in [3.63, 3.8) is 0 Å². The van der Waals surface area contributed by atoms with Crippen LogP contribution in [0.25, 0.3) is 11.3 Å². The summed E-state index contributed by atoms with van der Waals surface area (Å²) in [5, 5.41) is 3.58. The monoisotopic (exact) mass is 283 g/mol. The molecule has 0 saturated carbocycles. The van der Waals surface area contributed by atoms with Crippen LogP contribution >= 0.6 is 0 Å². The number of hydrogen-bond acceptors (Lipinski definition) is 3. The van der Waals surface area contributed by atoms with Gasteiger partial charge in [-0.15, -0.1) is 0 Å². The summed E-state index contributed by atoms with van der Waals surface area (Å²) in [6.45, 7) is 4.91. The molecule has 1 atom stereocenters. The molecule has 1 aromatic heterocycles. The number of aryl methyl sites for hydroxylation is 1. The summed E-state index contributed by atoms with van der Waals surface area (Å²) in [6.07, 6.45) is 7.34. The Morgan fingerprint density at radius 1 is 1.38 bits per heavy atom. The minimum absolute atomic E-state index is 0.0171. The van der Waals surface area contributed by atoms with Gasteiger partial charge in [-0.05, 0) is 31.7 Å². The molecule has 110 valence electrons. The number of nitrogens with zero attached hydrogens (tertiary/aromatic N) is 2. The molecule has 2 aliphatic rings. The zero-order chi connectivity index (χ0) is 14.3. The van der Waals surface area contributed by atoms with Gasteiger partial charge in [-0.3, -0.25) is 0 Å². The molecule has 0 spiro atoms. The largest absolute Gasteiger partial charge is 0.384 e. The van der Waals surface area contributed by atoms with E-state index in [0.29, 0.717) is 0 Å². The minimum Gasteiger partial charge on any atom is -0.384 e. The highest BCUT2D eigenvalue weighted by Gasteiger charge is 2.33. The fourth-order valence-electron chi connectivity index (χ4n) is 3.49. The molecule has 4 nitrogen and oxygen atoms in total. The van der Waals surface area contributed by atoms with Crippen molar-refractivity contribution in [2.45, 2.75) is 31.7 Å². The van der Waals surface area contributed by atoms with Gasteiger partial charge in [-0.1, -0.05) is 18.2 Å². The molecular weight excluding hydrogens is 262 g/mol. The van der Waals surface area contributed by atoms with Gasteiger partial charge in [0.25, 0.3) is 0 Å². The Morgan fingerprint density at radius 3 is 3.19 bits per heavy atom. The van der Waals surface area contributed by atoms with Crippen molar-refractivity contribution in [3.8, 4) is 11.3 Å². The highest BCUT2D eigenvalue weighted by Crippen LogP contribution is 2.37. The topological polar surface area (TPSA) is 39.1 Å². The molecule has 4 rings (SSSR count). The van der Waals surface area contributed by atoms with Gasteiger partial charge in [-0.2, -0.15) is 0 Å². The van der Waals surface area contributed by atoms with E-state index in [2.05, 4.69) is 40.0 Å². The molecule has 0 amide bonds. The zero-order valence-corrected chi connectivity index (χ0v) is 12.4. The second kappa shape index (κ2) is 4.88. The van der Waals surface area contributed by atoms with Crippen molar-refractivity contribution in [2.24, 2.45) is 0 Å². The summed E-state index contributed by atoms with van der Waals surface area (Å²) in [6, 6.07) is 6.59. The van der Waals surface area contributed by atoms with E-state index < -0.39 is 0 Å². The molecule has 1 fully saturated rings. The first kappa shape index (κ1) is 12.9. The van der Waals surface area contributed by atoms with E-state index in [0.717, 1.165) is 32.6 Å². The Bertz CT molecular complexity index is 656. The zero-order valence-electron chi connectivity index (χ0n) is 12.4. The molecular formula is C17H21N3O. The van der Waals surface area contributed by atoms with Gasteiger partial charge in [0.2, 0.25) is 0 Å². The molecule has 4 heteroatoms. The van der Waals surface area contributed by atoms with Crippen LogP contribution in [-0.4, -0.2) is 29.3 Å². The maximum absolute atomic E-state index is 5.62. The molecule has 0 aliphatic carbocycles. The molecule has 3 heterocycles. The van der Waals surface area contributed by atoms with Gasteiger partial charge in [0, 0.05) is 24.4 Å². The second-order valence-corrected chi connectivity index (χ2v) is 6.32. The van der Waals surface area contributed by atoms with Gasteiger partial charge < -0.3 is 14.6 Å². The third-order valence-corrected chi connectivity index (χ3v) is 4.77. The number of benzene rings is 1. The third kappa shape index (κ3) is 2.05. The van der Waals surface area contributed by atoms with E-state index in [-0.39, 0.29) is 5.54 Å².